The molecule has 0 bridgehead atoms. The van der Waals surface area contributed by atoms with Gasteiger partial charge in [0.2, 0.25) is 0 Å². The van der Waals surface area contributed by atoms with Crippen LogP contribution in [0.15, 0.2) is 15.8 Å². The summed E-state index contributed by atoms with van der Waals surface area (Å²) in [6, 6.07) is -0.571. The predicted octanol–water partition coefficient (Wildman–Crippen LogP) is -1.43. The van der Waals surface area contributed by atoms with Crippen molar-refractivity contribution < 1.29 is 23.6 Å². The summed E-state index contributed by atoms with van der Waals surface area (Å²) in [6.07, 6.45) is 0.0999. The Morgan fingerprint density at radius 2 is 2.24 bits per heavy atom. The number of aromatic amines is 1. The van der Waals surface area contributed by atoms with Crippen molar-refractivity contribution in [2.45, 2.75) is 31.7 Å². The number of ether oxygens (including phenoxy) is 1. The molecule has 1 aliphatic rings. The van der Waals surface area contributed by atoms with Gasteiger partial charge in [-0.3, -0.25) is 18.9 Å². The Kier molecular flexibility index (Phi) is 4.47. The normalized spacial score (nSPS) is 26.2. The van der Waals surface area contributed by atoms with Gasteiger partial charge >= 0.3 is 13.5 Å². The molecular weight excluding hydrogens is 305 g/mol. The molecule has 0 aliphatic carbocycles. The number of nitrogens with one attached hydrogen (secondary N) is 1. The first-order valence-corrected chi connectivity index (χ1v) is 7.63. The van der Waals surface area contributed by atoms with E-state index in [1.54, 1.807) is 0 Å². The third kappa shape index (κ3) is 3.88. The van der Waals surface area contributed by atoms with Gasteiger partial charge in [0, 0.05) is 11.8 Å². The second-order valence-corrected chi connectivity index (χ2v) is 6.05. The largest absolute Gasteiger partial charge is 0.469 e. The molecule has 11 heteroatoms. The summed E-state index contributed by atoms with van der Waals surface area (Å²) in [7, 11) is -4.59. The van der Waals surface area contributed by atoms with Gasteiger partial charge in [0.1, 0.15) is 0 Å². The molecule has 0 amide bonds. The molecule has 1 fully saturated rings. The summed E-state index contributed by atoms with van der Waals surface area (Å²) in [5, 5.41) is 0. The fourth-order valence-corrected chi connectivity index (χ4v) is 2.47. The molecule has 0 unspecified atom stereocenters. The van der Waals surface area contributed by atoms with Gasteiger partial charge in [-0.05, 0) is 13.3 Å². The van der Waals surface area contributed by atoms with Crippen molar-refractivity contribution in [3.63, 3.8) is 0 Å². The quantitative estimate of drug-likeness (QED) is 0.491. The highest BCUT2D eigenvalue weighted by Crippen LogP contribution is 2.37. The first-order valence-electron chi connectivity index (χ1n) is 6.10. The van der Waals surface area contributed by atoms with Crippen molar-refractivity contribution in [1.29, 1.82) is 0 Å². The van der Waals surface area contributed by atoms with Crippen molar-refractivity contribution in [3.05, 3.63) is 32.6 Å². The Labute approximate surface area is 118 Å². The monoisotopic (exact) mass is 321 g/mol. The Bertz CT molecular complexity index is 678. The molecule has 0 saturated carbocycles. The van der Waals surface area contributed by atoms with Gasteiger partial charge in [-0.15, -0.1) is 0 Å². The third-order valence-electron chi connectivity index (χ3n) is 3.08. The molecule has 10 nitrogen and oxygen atoms in total. The minimum Gasteiger partial charge on any atom is -0.350 e. The van der Waals surface area contributed by atoms with Gasteiger partial charge in [0.05, 0.1) is 18.8 Å². The van der Waals surface area contributed by atoms with E-state index in [-0.39, 0.29) is 13.0 Å². The van der Waals surface area contributed by atoms with Crippen LogP contribution in [0.5, 0.6) is 0 Å². The summed E-state index contributed by atoms with van der Waals surface area (Å²) in [5.74, 6) is 0. The van der Waals surface area contributed by atoms with Crippen LogP contribution in [0, 0.1) is 6.92 Å². The van der Waals surface area contributed by atoms with Crippen molar-refractivity contribution in [3.8, 4) is 0 Å². The zero-order chi connectivity index (χ0) is 15.8. The predicted molar refractivity (Wildman–Crippen MR) is 70.6 cm³/mol. The van der Waals surface area contributed by atoms with Crippen molar-refractivity contribution >= 4 is 7.82 Å². The number of H-pyrrole nitrogens is 1. The molecule has 0 radical (unpaired) electrons. The van der Waals surface area contributed by atoms with E-state index < -0.39 is 37.4 Å². The lowest BCUT2D eigenvalue weighted by Gasteiger charge is -2.18. The molecular formula is C10H16N3O7P. The van der Waals surface area contributed by atoms with Crippen LogP contribution in [0.2, 0.25) is 0 Å². The van der Waals surface area contributed by atoms with Crippen LogP contribution in [-0.4, -0.2) is 38.1 Å². The van der Waals surface area contributed by atoms with E-state index >= 15 is 0 Å². The molecule has 1 aromatic rings. The van der Waals surface area contributed by atoms with Crippen LogP contribution < -0.4 is 17.0 Å². The molecule has 2 heterocycles. The topological polar surface area (TPSA) is 157 Å². The number of aromatic nitrogens is 2. The lowest BCUT2D eigenvalue weighted by Crippen LogP contribution is -2.38. The van der Waals surface area contributed by atoms with Crippen LogP contribution >= 0.6 is 7.82 Å². The molecule has 1 aliphatic heterocycles. The lowest BCUT2D eigenvalue weighted by atomic mass is 10.2. The average Bonchev–Trinajstić information content (AvgIpc) is 2.72. The maximum Gasteiger partial charge on any atom is 0.469 e. The summed E-state index contributed by atoms with van der Waals surface area (Å²) in [4.78, 5) is 42.5. The summed E-state index contributed by atoms with van der Waals surface area (Å²) >= 11 is 0. The number of phosphoric acid groups is 1. The SMILES string of the molecule is Cc1cn([C@@H]2O[C@H](COP(=O)(O)O)C[C@H]2N)c(=O)[nH]c1=O. The number of phosphoric ester groups is 1. The minimum atomic E-state index is -4.59. The third-order valence-corrected chi connectivity index (χ3v) is 3.57. The van der Waals surface area contributed by atoms with Crippen LogP contribution in [0.25, 0.3) is 0 Å². The van der Waals surface area contributed by atoms with Crippen LogP contribution in [0.1, 0.15) is 18.2 Å². The highest BCUT2D eigenvalue weighted by molar-refractivity contribution is 7.46. The van der Waals surface area contributed by atoms with E-state index in [9.17, 15) is 14.2 Å². The minimum absolute atomic E-state index is 0.259. The van der Waals surface area contributed by atoms with E-state index in [2.05, 4.69) is 9.51 Å². The Morgan fingerprint density at radius 1 is 1.57 bits per heavy atom. The van der Waals surface area contributed by atoms with Crippen LogP contribution in [0.3, 0.4) is 0 Å². The number of nitrogens with zero attached hydrogens (tertiary/aromatic N) is 1. The van der Waals surface area contributed by atoms with Crippen LogP contribution in [-0.2, 0) is 13.8 Å². The van der Waals surface area contributed by atoms with Crippen LogP contribution in [0.4, 0.5) is 0 Å². The number of rotatable bonds is 4. The number of hydrogen-bond donors (Lipinski definition) is 4. The molecule has 1 saturated heterocycles. The highest BCUT2D eigenvalue weighted by Gasteiger charge is 2.36. The Morgan fingerprint density at radius 3 is 2.86 bits per heavy atom. The van der Waals surface area contributed by atoms with E-state index in [1.165, 1.54) is 13.1 Å². The first-order chi connectivity index (χ1) is 9.67. The molecule has 0 spiro atoms. The van der Waals surface area contributed by atoms with E-state index in [0.29, 0.717) is 5.56 Å². The second-order valence-electron chi connectivity index (χ2n) is 4.81. The molecule has 5 N–H and O–H groups in total. The summed E-state index contributed by atoms with van der Waals surface area (Å²) < 4.78 is 21.6. The Balaban J connectivity index is 2.15. The fraction of sp³-hybridized carbons (Fsp3) is 0.600. The van der Waals surface area contributed by atoms with Gasteiger partial charge in [-0.2, -0.15) is 0 Å². The summed E-state index contributed by atoms with van der Waals surface area (Å²) in [5.41, 5.74) is 5.03. The van der Waals surface area contributed by atoms with Gasteiger partial charge < -0.3 is 20.3 Å². The molecule has 2 rings (SSSR count). The lowest BCUT2D eigenvalue weighted by molar-refractivity contribution is -0.0277. The van der Waals surface area contributed by atoms with Crippen molar-refractivity contribution in [1.82, 2.24) is 9.55 Å². The zero-order valence-corrected chi connectivity index (χ0v) is 12.0. The smallest absolute Gasteiger partial charge is 0.350 e. The average molecular weight is 321 g/mol. The standard InChI is InChI=1S/C10H16N3O7P/c1-5-3-13(10(15)12-8(5)14)9-7(11)2-6(20-9)4-19-21(16,17)18/h3,6-7,9H,2,4,11H2,1H3,(H,12,14,15)(H2,16,17,18)/t6-,7+,9+/m0/s1. The second kappa shape index (κ2) is 5.84. The molecule has 1 aromatic heterocycles. The number of aryl methyl sites for hydroxylation is 1. The Hall–Kier alpha value is -1.29. The maximum atomic E-state index is 11.8. The van der Waals surface area contributed by atoms with Gasteiger partial charge in [0.15, 0.2) is 6.23 Å². The van der Waals surface area contributed by atoms with E-state index in [4.69, 9.17) is 20.3 Å². The highest BCUT2D eigenvalue weighted by atomic mass is 31.2. The van der Waals surface area contributed by atoms with E-state index in [1.807, 2.05) is 0 Å². The number of nitrogens with two attached hydrogens (primary N) is 1. The maximum absolute atomic E-state index is 11.8. The molecule has 118 valence electrons. The van der Waals surface area contributed by atoms with Crippen molar-refractivity contribution in [2.75, 3.05) is 6.61 Å². The fourth-order valence-electron chi connectivity index (χ4n) is 2.11. The molecule has 3 atom stereocenters. The van der Waals surface area contributed by atoms with Gasteiger partial charge in [-0.25, -0.2) is 9.36 Å². The molecule has 21 heavy (non-hydrogen) atoms. The zero-order valence-electron chi connectivity index (χ0n) is 11.1. The molecule has 0 aromatic carbocycles. The van der Waals surface area contributed by atoms with Gasteiger partial charge in [0.25, 0.3) is 5.56 Å². The number of hydrogen-bond acceptors (Lipinski definition) is 6. The van der Waals surface area contributed by atoms with Gasteiger partial charge in [-0.1, -0.05) is 0 Å². The van der Waals surface area contributed by atoms with Crippen molar-refractivity contribution in [2.24, 2.45) is 5.73 Å². The summed E-state index contributed by atoms with van der Waals surface area (Å²) in [6.45, 7) is 1.19. The van der Waals surface area contributed by atoms with E-state index in [0.717, 1.165) is 4.57 Å². The first kappa shape index (κ1) is 16.1.